The summed E-state index contributed by atoms with van der Waals surface area (Å²) >= 11 is 0. The lowest BCUT2D eigenvalue weighted by Crippen LogP contribution is -2.21. The molecule has 0 fully saturated rings. The van der Waals surface area contributed by atoms with Gasteiger partial charge in [0.1, 0.15) is 5.75 Å². The van der Waals surface area contributed by atoms with Crippen LogP contribution >= 0.6 is 0 Å². The SMILES string of the molecule is CN(C)Cc1cc(CNN)ccc1O. The van der Waals surface area contributed by atoms with Gasteiger partial charge >= 0.3 is 0 Å². The van der Waals surface area contributed by atoms with E-state index in [4.69, 9.17) is 5.84 Å². The zero-order valence-electron chi connectivity index (χ0n) is 8.62. The van der Waals surface area contributed by atoms with Gasteiger partial charge in [-0.3, -0.25) is 11.3 Å². The van der Waals surface area contributed by atoms with Crippen molar-refractivity contribution in [2.75, 3.05) is 14.1 Å². The van der Waals surface area contributed by atoms with Crippen molar-refractivity contribution in [3.63, 3.8) is 0 Å². The molecule has 0 aliphatic carbocycles. The van der Waals surface area contributed by atoms with Crippen LogP contribution in [0.4, 0.5) is 0 Å². The van der Waals surface area contributed by atoms with Crippen LogP contribution in [0.2, 0.25) is 0 Å². The van der Waals surface area contributed by atoms with E-state index in [2.05, 4.69) is 5.43 Å². The van der Waals surface area contributed by atoms with Gasteiger partial charge in [0.05, 0.1) is 0 Å². The number of hydrogen-bond donors (Lipinski definition) is 3. The molecule has 1 rings (SSSR count). The topological polar surface area (TPSA) is 61.5 Å². The smallest absolute Gasteiger partial charge is 0.120 e. The Morgan fingerprint density at radius 1 is 1.43 bits per heavy atom. The lowest BCUT2D eigenvalue weighted by atomic mass is 10.1. The molecular weight excluding hydrogens is 178 g/mol. The number of rotatable bonds is 4. The molecule has 0 bridgehead atoms. The Kier molecular flexibility index (Phi) is 3.88. The monoisotopic (exact) mass is 195 g/mol. The van der Waals surface area contributed by atoms with Crippen LogP contribution in [0.3, 0.4) is 0 Å². The van der Waals surface area contributed by atoms with Gasteiger partial charge in [0.25, 0.3) is 0 Å². The summed E-state index contributed by atoms with van der Waals surface area (Å²) in [6.45, 7) is 1.34. The van der Waals surface area contributed by atoms with Crippen molar-refractivity contribution < 1.29 is 5.11 Å². The molecule has 4 nitrogen and oxygen atoms in total. The minimum Gasteiger partial charge on any atom is -0.508 e. The van der Waals surface area contributed by atoms with Gasteiger partial charge in [-0.15, -0.1) is 0 Å². The number of nitrogens with zero attached hydrogens (tertiary/aromatic N) is 1. The highest BCUT2D eigenvalue weighted by molar-refractivity contribution is 5.36. The molecule has 1 aromatic carbocycles. The van der Waals surface area contributed by atoms with E-state index in [1.165, 1.54) is 0 Å². The number of aromatic hydroxyl groups is 1. The third kappa shape index (κ3) is 2.99. The number of nitrogens with one attached hydrogen (secondary N) is 1. The number of nitrogens with two attached hydrogens (primary N) is 1. The lowest BCUT2D eigenvalue weighted by Gasteiger charge is -2.12. The molecule has 1 aromatic rings. The van der Waals surface area contributed by atoms with Gasteiger partial charge in [0.2, 0.25) is 0 Å². The molecule has 0 aromatic heterocycles. The van der Waals surface area contributed by atoms with Crippen LogP contribution in [0, 0.1) is 0 Å². The van der Waals surface area contributed by atoms with E-state index in [1.54, 1.807) is 6.07 Å². The Hall–Kier alpha value is -1.10. The van der Waals surface area contributed by atoms with Gasteiger partial charge in [-0.2, -0.15) is 0 Å². The first-order chi connectivity index (χ1) is 6.63. The zero-order valence-corrected chi connectivity index (χ0v) is 8.62. The quantitative estimate of drug-likeness (QED) is 0.481. The molecule has 0 spiro atoms. The second kappa shape index (κ2) is 4.95. The lowest BCUT2D eigenvalue weighted by molar-refractivity contribution is 0.385. The largest absolute Gasteiger partial charge is 0.508 e. The summed E-state index contributed by atoms with van der Waals surface area (Å²) in [5.74, 6) is 5.56. The van der Waals surface area contributed by atoms with E-state index < -0.39 is 0 Å². The molecule has 0 atom stereocenters. The molecule has 0 radical (unpaired) electrons. The number of phenolic OH excluding ortho intramolecular Hbond substituents is 1. The fourth-order valence-electron chi connectivity index (χ4n) is 1.33. The molecular formula is C10H17N3O. The summed E-state index contributed by atoms with van der Waals surface area (Å²) in [5.41, 5.74) is 4.58. The number of hydrogen-bond acceptors (Lipinski definition) is 4. The summed E-state index contributed by atoms with van der Waals surface area (Å²) in [5, 5.41) is 9.57. The molecule has 0 heterocycles. The summed E-state index contributed by atoms with van der Waals surface area (Å²) in [7, 11) is 3.93. The molecule has 0 amide bonds. The van der Waals surface area contributed by atoms with Crippen molar-refractivity contribution >= 4 is 0 Å². The second-order valence-electron chi connectivity index (χ2n) is 3.58. The molecule has 0 aliphatic heterocycles. The van der Waals surface area contributed by atoms with E-state index in [0.29, 0.717) is 12.3 Å². The van der Waals surface area contributed by atoms with Gasteiger partial charge in [0.15, 0.2) is 0 Å². The first kappa shape index (κ1) is 11.0. The van der Waals surface area contributed by atoms with Crippen LogP contribution in [0.1, 0.15) is 11.1 Å². The van der Waals surface area contributed by atoms with Gasteiger partial charge < -0.3 is 10.0 Å². The van der Waals surface area contributed by atoms with Gasteiger partial charge in [-0.05, 0) is 31.8 Å². The van der Waals surface area contributed by atoms with Crippen molar-refractivity contribution in [3.8, 4) is 5.75 Å². The van der Waals surface area contributed by atoms with Crippen molar-refractivity contribution in [2.45, 2.75) is 13.1 Å². The van der Waals surface area contributed by atoms with E-state index in [9.17, 15) is 5.11 Å². The first-order valence-corrected chi connectivity index (χ1v) is 4.52. The summed E-state index contributed by atoms with van der Waals surface area (Å²) in [6.07, 6.45) is 0. The Labute approximate surface area is 84.3 Å². The predicted octanol–water partition coefficient (Wildman–Crippen LogP) is 0.417. The van der Waals surface area contributed by atoms with Gasteiger partial charge in [-0.1, -0.05) is 6.07 Å². The third-order valence-corrected chi connectivity index (χ3v) is 1.94. The van der Waals surface area contributed by atoms with E-state index >= 15 is 0 Å². The molecule has 4 N–H and O–H groups in total. The third-order valence-electron chi connectivity index (χ3n) is 1.94. The van der Waals surface area contributed by atoms with Crippen LogP contribution in [-0.2, 0) is 13.1 Å². The summed E-state index contributed by atoms with van der Waals surface area (Å²) in [4.78, 5) is 2.01. The highest BCUT2D eigenvalue weighted by Crippen LogP contribution is 2.19. The van der Waals surface area contributed by atoms with E-state index in [0.717, 1.165) is 17.7 Å². The normalized spacial score (nSPS) is 10.9. The fraction of sp³-hybridized carbons (Fsp3) is 0.400. The minimum absolute atomic E-state index is 0.333. The fourth-order valence-corrected chi connectivity index (χ4v) is 1.33. The van der Waals surface area contributed by atoms with Crippen molar-refractivity contribution in [1.82, 2.24) is 10.3 Å². The molecule has 78 valence electrons. The number of hydrazine groups is 1. The zero-order chi connectivity index (χ0) is 10.6. The maximum Gasteiger partial charge on any atom is 0.120 e. The molecule has 0 unspecified atom stereocenters. The molecule has 0 saturated carbocycles. The maximum absolute atomic E-state index is 9.57. The maximum atomic E-state index is 9.57. The van der Waals surface area contributed by atoms with Crippen LogP contribution in [-0.4, -0.2) is 24.1 Å². The van der Waals surface area contributed by atoms with Gasteiger partial charge in [0, 0.05) is 18.7 Å². The predicted molar refractivity (Wildman–Crippen MR) is 56.5 cm³/mol. The van der Waals surface area contributed by atoms with E-state index in [1.807, 2.05) is 31.1 Å². The van der Waals surface area contributed by atoms with Gasteiger partial charge in [-0.25, -0.2) is 0 Å². The number of phenols is 1. The highest BCUT2D eigenvalue weighted by atomic mass is 16.3. The molecule has 0 aliphatic rings. The minimum atomic E-state index is 0.333. The molecule has 0 saturated heterocycles. The Balaban J connectivity index is 2.84. The van der Waals surface area contributed by atoms with Crippen LogP contribution < -0.4 is 11.3 Å². The van der Waals surface area contributed by atoms with Crippen molar-refractivity contribution in [1.29, 1.82) is 0 Å². The van der Waals surface area contributed by atoms with Crippen LogP contribution in [0.25, 0.3) is 0 Å². The number of benzene rings is 1. The molecule has 14 heavy (non-hydrogen) atoms. The van der Waals surface area contributed by atoms with E-state index in [-0.39, 0.29) is 0 Å². The Morgan fingerprint density at radius 3 is 2.71 bits per heavy atom. The summed E-state index contributed by atoms with van der Waals surface area (Å²) in [6, 6.07) is 5.51. The van der Waals surface area contributed by atoms with Crippen LogP contribution in [0.15, 0.2) is 18.2 Å². The van der Waals surface area contributed by atoms with Crippen LogP contribution in [0.5, 0.6) is 5.75 Å². The highest BCUT2D eigenvalue weighted by Gasteiger charge is 2.03. The first-order valence-electron chi connectivity index (χ1n) is 4.52. The second-order valence-corrected chi connectivity index (χ2v) is 3.58. The van der Waals surface area contributed by atoms with Crippen molar-refractivity contribution in [2.24, 2.45) is 5.84 Å². The summed E-state index contributed by atoms with van der Waals surface area (Å²) < 4.78 is 0. The average molecular weight is 195 g/mol. The average Bonchev–Trinajstić information content (AvgIpc) is 2.10. The van der Waals surface area contributed by atoms with Crippen molar-refractivity contribution in [3.05, 3.63) is 29.3 Å². The standard InChI is InChI=1S/C10H17N3O/c1-13(2)7-9-5-8(6-12-11)3-4-10(9)14/h3-5,12,14H,6-7,11H2,1-2H3. The Morgan fingerprint density at radius 2 is 2.14 bits per heavy atom. The Bertz CT molecular complexity index is 299. The molecule has 4 heteroatoms.